The van der Waals surface area contributed by atoms with E-state index >= 15 is 0 Å². The van der Waals surface area contributed by atoms with Crippen molar-refractivity contribution in [3.8, 4) is 0 Å². The Kier molecular flexibility index (Phi) is 3.45. The van der Waals surface area contributed by atoms with Crippen LogP contribution in [-0.4, -0.2) is 11.0 Å². The van der Waals surface area contributed by atoms with Crippen LogP contribution in [0, 0.1) is 5.92 Å². The summed E-state index contributed by atoms with van der Waals surface area (Å²) in [6.07, 6.45) is 8.16. The highest BCUT2D eigenvalue weighted by molar-refractivity contribution is 7.18. The van der Waals surface area contributed by atoms with E-state index in [2.05, 4.69) is 5.32 Å². The molecule has 1 saturated heterocycles. The van der Waals surface area contributed by atoms with Gasteiger partial charge in [-0.15, -0.1) is 11.3 Å². The summed E-state index contributed by atoms with van der Waals surface area (Å²) >= 11 is 7.87. The van der Waals surface area contributed by atoms with Crippen LogP contribution in [0.2, 0.25) is 5.02 Å². The van der Waals surface area contributed by atoms with Gasteiger partial charge < -0.3 is 5.32 Å². The molecule has 3 atom stereocenters. The highest BCUT2D eigenvalue weighted by atomic mass is 35.5. The standard InChI is InChI=1S/C16H19ClN2S/c17-11-6-8-13-15(9-11)20-16(19-13)14-7-5-10-3-1-2-4-12(10)18-14/h6,8-10,12,14,18H,1-5,7H2. The van der Waals surface area contributed by atoms with Crippen molar-refractivity contribution in [2.75, 3.05) is 0 Å². The van der Waals surface area contributed by atoms with Gasteiger partial charge in [0, 0.05) is 11.1 Å². The highest BCUT2D eigenvalue weighted by Crippen LogP contribution is 2.38. The van der Waals surface area contributed by atoms with Crippen molar-refractivity contribution in [2.24, 2.45) is 5.92 Å². The van der Waals surface area contributed by atoms with Crippen LogP contribution in [0.5, 0.6) is 0 Å². The Balaban J connectivity index is 1.59. The molecule has 0 radical (unpaired) electrons. The molecule has 1 aromatic heterocycles. The van der Waals surface area contributed by atoms with E-state index in [1.807, 2.05) is 18.2 Å². The van der Waals surface area contributed by atoms with Gasteiger partial charge in [-0.05, 0) is 49.8 Å². The fourth-order valence-electron chi connectivity index (χ4n) is 3.76. The summed E-state index contributed by atoms with van der Waals surface area (Å²) in [5, 5.41) is 5.91. The molecule has 4 rings (SSSR count). The molecule has 1 aliphatic carbocycles. The van der Waals surface area contributed by atoms with Crippen LogP contribution in [0.4, 0.5) is 0 Å². The third kappa shape index (κ3) is 2.36. The lowest BCUT2D eigenvalue weighted by atomic mass is 9.78. The molecule has 106 valence electrons. The van der Waals surface area contributed by atoms with Crippen molar-refractivity contribution in [2.45, 2.75) is 50.6 Å². The number of fused-ring (bicyclic) bond motifs is 2. The summed E-state index contributed by atoms with van der Waals surface area (Å²) in [5.74, 6) is 0.906. The van der Waals surface area contributed by atoms with Gasteiger partial charge in [-0.2, -0.15) is 0 Å². The Hall–Kier alpha value is -0.640. The van der Waals surface area contributed by atoms with Crippen molar-refractivity contribution in [1.29, 1.82) is 0 Å². The minimum atomic E-state index is 0.450. The molecule has 0 spiro atoms. The number of piperidine rings is 1. The van der Waals surface area contributed by atoms with Gasteiger partial charge in [0.15, 0.2) is 0 Å². The maximum atomic E-state index is 6.07. The summed E-state index contributed by atoms with van der Waals surface area (Å²) in [6.45, 7) is 0. The number of thiazole rings is 1. The van der Waals surface area contributed by atoms with Crippen LogP contribution >= 0.6 is 22.9 Å². The van der Waals surface area contributed by atoms with Crippen molar-refractivity contribution < 1.29 is 0 Å². The van der Waals surface area contributed by atoms with Crippen LogP contribution in [0.25, 0.3) is 10.2 Å². The second-order valence-corrected chi connectivity index (χ2v) is 7.61. The fraction of sp³-hybridized carbons (Fsp3) is 0.562. The summed E-state index contributed by atoms with van der Waals surface area (Å²) in [5.41, 5.74) is 1.09. The maximum absolute atomic E-state index is 6.07. The van der Waals surface area contributed by atoms with Gasteiger partial charge in [0.05, 0.1) is 16.3 Å². The number of nitrogens with one attached hydrogen (secondary N) is 1. The maximum Gasteiger partial charge on any atom is 0.111 e. The van der Waals surface area contributed by atoms with E-state index in [1.165, 1.54) is 48.2 Å². The molecule has 0 bridgehead atoms. The number of benzene rings is 1. The first-order valence-corrected chi connectivity index (χ1v) is 8.81. The number of aromatic nitrogens is 1. The topological polar surface area (TPSA) is 24.9 Å². The molecule has 3 unspecified atom stereocenters. The van der Waals surface area contributed by atoms with Gasteiger partial charge in [0.1, 0.15) is 5.01 Å². The average molecular weight is 307 g/mol. The lowest BCUT2D eigenvalue weighted by molar-refractivity contribution is 0.177. The zero-order valence-corrected chi connectivity index (χ0v) is 13.0. The lowest BCUT2D eigenvalue weighted by Crippen LogP contribution is -2.44. The summed E-state index contributed by atoms with van der Waals surface area (Å²) in [4.78, 5) is 4.81. The Bertz CT molecular complexity index is 624. The predicted molar refractivity (Wildman–Crippen MR) is 85.5 cm³/mol. The average Bonchev–Trinajstić information content (AvgIpc) is 2.89. The largest absolute Gasteiger partial charge is 0.305 e. The quantitative estimate of drug-likeness (QED) is 0.807. The molecule has 2 aliphatic rings. The lowest BCUT2D eigenvalue weighted by Gasteiger charge is -2.39. The zero-order valence-electron chi connectivity index (χ0n) is 11.4. The van der Waals surface area contributed by atoms with Crippen LogP contribution in [0.3, 0.4) is 0 Å². The second-order valence-electron chi connectivity index (χ2n) is 6.11. The Labute approximate surface area is 128 Å². The molecule has 1 aliphatic heterocycles. The van der Waals surface area contributed by atoms with Crippen LogP contribution in [0.15, 0.2) is 18.2 Å². The smallest absolute Gasteiger partial charge is 0.111 e. The number of rotatable bonds is 1. The van der Waals surface area contributed by atoms with E-state index in [-0.39, 0.29) is 0 Å². The molecular weight excluding hydrogens is 288 g/mol. The normalized spacial score (nSPS) is 30.4. The predicted octanol–water partition coefficient (Wildman–Crippen LogP) is 4.93. The number of hydrogen-bond acceptors (Lipinski definition) is 3. The van der Waals surface area contributed by atoms with Crippen molar-refractivity contribution in [3.05, 3.63) is 28.2 Å². The van der Waals surface area contributed by atoms with E-state index in [4.69, 9.17) is 16.6 Å². The second kappa shape index (κ2) is 5.28. The van der Waals surface area contributed by atoms with Gasteiger partial charge in [-0.3, -0.25) is 0 Å². The van der Waals surface area contributed by atoms with Crippen molar-refractivity contribution in [1.82, 2.24) is 10.3 Å². The summed E-state index contributed by atoms with van der Waals surface area (Å²) in [7, 11) is 0. The molecule has 2 fully saturated rings. The molecule has 2 heterocycles. The van der Waals surface area contributed by atoms with Gasteiger partial charge >= 0.3 is 0 Å². The van der Waals surface area contributed by atoms with Crippen LogP contribution in [-0.2, 0) is 0 Å². The zero-order chi connectivity index (χ0) is 13.5. The van der Waals surface area contributed by atoms with Crippen molar-refractivity contribution in [3.63, 3.8) is 0 Å². The Morgan fingerprint density at radius 1 is 1.15 bits per heavy atom. The first kappa shape index (κ1) is 13.1. The number of halogens is 1. The SMILES string of the molecule is Clc1ccc2nc(C3CCC4CCCCC4N3)sc2c1. The molecule has 2 nitrogen and oxygen atoms in total. The number of nitrogens with zero attached hydrogens (tertiary/aromatic N) is 1. The van der Waals surface area contributed by atoms with Gasteiger partial charge in [0.2, 0.25) is 0 Å². The van der Waals surface area contributed by atoms with Crippen LogP contribution < -0.4 is 5.32 Å². The Morgan fingerprint density at radius 3 is 3.00 bits per heavy atom. The molecule has 1 saturated carbocycles. The first-order valence-electron chi connectivity index (χ1n) is 7.61. The van der Waals surface area contributed by atoms with E-state index in [0.29, 0.717) is 6.04 Å². The molecule has 1 aromatic carbocycles. The van der Waals surface area contributed by atoms with E-state index in [9.17, 15) is 0 Å². The summed E-state index contributed by atoms with van der Waals surface area (Å²) in [6, 6.07) is 7.16. The van der Waals surface area contributed by atoms with Crippen molar-refractivity contribution >= 4 is 33.2 Å². The van der Waals surface area contributed by atoms with E-state index in [0.717, 1.165) is 22.5 Å². The number of hydrogen-bond donors (Lipinski definition) is 1. The third-order valence-corrected chi connectivity index (χ3v) is 6.18. The Morgan fingerprint density at radius 2 is 2.05 bits per heavy atom. The molecule has 1 N–H and O–H groups in total. The molecule has 4 heteroatoms. The van der Waals surface area contributed by atoms with Crippen LogP contribution in [0.1, 0.15) is 49.6 Å². The molecule has 2 aromatic rings. The van der Waals surface area contributed by atoms with Gasteiger partial charge in [-0.1, -0.05) is 24.4 Å². The van der Waals surface area contributed by atoms with Gasteiger partial charge in [0.25, 0.3) is 0 Å². The fourth-order valence-corrected chi connectivity index (χ4v) is 5.09. The third-order valence-electron chi connectivity index (χ3n) is 4.82. The van der Waals surface area contributed by atoms with E-state index in [1.54, 1.807) is 11.3 Å². The minimum absolute atomic E-state index is 0.450. The van der Waals surface area contributed by atoms with Gasteiger partial charge in [-0.25, -0.2) is 4.98 Å². The minimum Gasteiger partial charge on any atom is -0.305 e. The molecular formula is C16H19ClN2S. The monoisotopic (exact) mass is 306 g/mol. The summed E-state index contributed by atoms with van der Waals surface area (Å²) < 4.78 is 1.21. The molecule has 20 heavy (non-hydrogen) atoms. The molecule has 0 amide bonds. The van der Waals surface area contributed by atoms with E-state index < -0.39 is 0 Å². The first-order chi connectivity index (χ1) is 9.79. The highest BCUT2D eigenvalue weighted by Gasteiger charge is 2.33.